The molecule has 1 N–H and O–H groups in total. The van der Waals surface area contributed by atoms with E-state index in [2.05, 4.69) is 30.1 Å². The SMILES string of the molecule is Cc1cc(C)c2ccc(/C=C/C3CCCCC3)nc2c1O. The maximum absolute atomic E-state index is 10.2. The Balaban J connectivity index is 1.93. The smallest absolute Gasteiger partial charge is 0.144 e. The molecule has 3 rings (SSSR count). The van der Waals surface area contributed by atoms with E-state index in [1.807, 2.05) is 19.1 Å². The van der Waals surface area contributed by atoms with Crippen LogP contribution < -0.4 is 0 Å². The first-order valence-electron chi connectivity index (χ1n) is 7.93. The summed E-state index contributed by atoms with van der Waals surface area (Å²) in [5.74, 6) is 1.01. The fourth-order valence-electron chi connectivity index (χ4n) is 3.28. The molecule has 2 heteroatoms. The van der Waals surface area contributed by atoms with Crippen LogP contribution in [-0.2, 0) is 0 Å². The van der Waals surface area contributed by atoms with Gasteiger partial charge >= 0.3 is 0 Å². The van der Waals surface area contributed by atoms with Crippen molar-refractivity contribution >= 4 is 17.0 Å². The molecule has 0 bridgehead atoms. The third-order valence-corrected chi connectivity index (χ3v) is 4.56. The highest BCUT2D eigenvalue weighted by atomic mass is 16.3. The third kappa shape index (κ3) is 2.94. The zero-order chi connectivity index (χ0) is 14.8. The predicted octanol–water partition coefficient (Wildman–Crippen LogP) is 5.15. The van der Waals surface area contributed by atoms with Gasteiger partial charge in [0.25, 0.3) is 0 Å². The van der Waals surface area contributed by atoms with Gasteiger partial charge in [-0.2, -0.15) is 0 Å². The number of nitrogens with zero attached hydrogens (tertiary/aromatic N) is 1. The number of fused-ring (bicyclic) bond motifs is 1. The number of aryl methyl sites for hydroxylation is 2. The van der Waals surface area contributed by atoms with Crippen molar-refractivity contribution in [3.63, 3.8) is 0 Å². The molecule has 1 aromatic heterocycles. The fourth-order valence-corrected chi connectivity index (χ4v) is 3.28. The minimum Gasteiger partial charge on any atom is -0.505 e. The first kappa shape index (κ1) is 14.1. The van der Waals surface area contributed by atoms with E-state index in [-0.39, 0.29) is 0 Å². The van der Waals surface area contributed by atoms with Gasteiger partial charge in [-0.1, -0.05) is 37.5 Å². The van der Waals surface area contributed by atoms with Gasteiger partial charge in [0.15, 0.2) is 0 Å². The van der Waals surface area contributed by atoms with Crippen molar-refractivity contribution in [1.29, 1.82) is 0 Å². The first-order valence-corrected chi connectivity index (χ1v) is 7.93. The molecular formula is C19H23NO. The molecule has 0 amide bonds. The molecule has 0 atom stereocenters. The highest BCUT2D eigenvalue weighted by molar-refractivity contribution is 5.89. The van der Waals surface area contributed by atoms with Gasteiger partial charge in [-0.15, -0.1) is 0 Å². The molecule has 0 spiro atoms. The van der Waals surface area contributed by atoms with Gasteiger partial charge in [-0.05, 0) is 55.9 Å². The van der Waals surface area contributed by atoms with Gasteiger partial charge in [-0.3, -0.25) is 0 Å². The Morgan fingerprint density at radius 2 is 1.86 bits per heavy atom. The molecule has 0 saturated heterocycles. The van der Waals surface area contributed by atoms with E-state index in [0.717, 1.165) is 27.7 Å². The summed E-state index contributed by atoms with van der Waals surface area (Å²) in [5, 5.41) is 11.3. The van der Waals surface area contributed by atoms with Crippen molar-refractivity contribution in [3.8, 4) is 5.75 Å². The fraction of sp³-hybridized carbons (Fsp3) is 0.421. The lowest BCUT2D eigenvalue weighted by Crippen LogP contribution is -2.02. The van der Waals surface area contributed by atoms with E-state index in [1.165, 1.54) is 32.1 Å². The summed E-state index contributed by atoms with van der Waals surface area (Å²) in [6.45, 7) is 3.99. The molecular weight excluding hydrogens is 258 g/mol. The van der Waals surface area contributed by atoms with Gasteiger partial charge < -0.3 is 5.11 Å². The third-order valence-electron chi connectivity index (χ3n) is 4.56. The van der Waals surface area contributed by atoms with Gasteiger partial charge in [-0.25, -0.2) is 4.98 Å². The van der Waals surface area contributed by atoms with Crippen LogP contribution in [0.3, 0.4) is 0 Å². The minimum atomic E-state index is 0.309. The molecule has 2 aromatic rings. The Hall–Kier alpha value is -1.83. The van der Waals surface area contributed by atoms with Crippen LogP contribution in [0.15, 0.2) is 24.3 Å². The zero-order valence-electron chi connectivity index (χ0n) is 12.9. The second-order valence-corrected chi connectivity index (χ2v) is 6.25. The summed E-state index contributed by atoms with van der Waals surface area (Å²) in [4.78, 5) is 4.64. The highest BCUT2D eigenvalue weighted by Crippen LogP contribution is 2.30. The molecule has 0 unspecified atom stereocenters. The average molecular weight is 281 g/mol. The Labute approximate surface area is 126 Å². The van der Waals surface area contributed by atoms with Crippen LogP contribution in [0.25, 0.3) is 17.0 Å². The molecule has 1 aliphatic carbocycles. The first-order chi connectivity index (χ1) is 10.1. The lowest BCUT2D eigenvalue weighted by molar-refractivity contribution is 0.420. The molecule has 0 radical (unpaired) electrons. The van der Waals surface area contributed by atoms with Crippen LogP contribution in [0.5, 0.6) is 5.75 Å². The Kier molecular flexibility index (Phi) is 3.96. The number of phenolic OH excluding ortho intramolecular Hbond substituents is 1. The Morgan fingerprint density at radius 1 is 1.10 bits per heavy atom. The van der Waals surface area contributed by atoms with Gasteiger partial charge in [0.2, 0.25) is 0 Å². The maximum atomic E-state index is 10.2. The second-order valence-electron chi connectivity index (χ2n) is 6.25. The lowest BCUT2D eigenvalue weighted by Gasteiger charge is -2.17. The van der Waals surface area contributed by atoms with E-state index in [9.17, 15) is 5.11 Å². The molecule has 21 heavy (non-hydrogen) atoms. The van der Waals surface area contributed by atoms with Crippen molar-refractivity contribution in [2.24, 2.45) is 5.92 Å². The van der Waals surface area contributed by atoms with E-state index in [4.69, 9.17) is 0 Å². The van der Waals surface area contributed by atoms with Crippen LogP contribution in [0.2, 0.25) is 0 Å². The molecule has 2 nitrogen and oxygen atoms in total. The number of allylic oxidation sites excluding steroid dienone is 1. The van der Waals surface area contributed by atoms with E-state index in [1.54, 1.807) is 0 Å². The van der Waals surface area contributed by atoms with E-state index >= 15 is 0 Å². The number of pyridine rings is 1. The van der Waals surface area contributed by atoms with Crippen molar-refractivity contribution in [1.82, 2.24) is 4.98 Å². The minimum absolute atomic E-state index is 0.309. The number of benzene rings is 1. The number of hydrogen-bond donors (Lipinski definition) is 1. The molecule has 110 valence electrons. The standard InChI is InChI=1S/C19H23NO/c1-13-12-14(2)19(21)18-17(13)11-10-16(20-18)9-8-15-6-4-3-5-7-15/h8-12,15,21H,3-7H2,1-2H3/b9-8+. The maximum Gasteiger partial charge on any atom is 0.144 e. The molecule has 1 heterocycles. The zero-order valence-corrected chi connectivity index (χ0v) is 12.9. The monoisotopic (exact) mass is 281 g/mol. The van der Waals surface area contributed by atoms with Crippen molar-refractivity contribution < 1.29 is 5.11 Å². The van der Waals surface area contributed by atoms with Crippen LogP contribution in [0.1, 0.15) is 48.9 Å². The van der Waals surface area contributed by atoms with Crippen molar-refractivity contribution in [2.75, 3.05) is 0 Å². The quantitative estimate of drug-likeness (QED) is 0.825. The number of aromatic hydroxyl groups is 1. The van der Waals surface area contributed by atoms with Crippen LogP contribution in [0, 0.1) is 19.8 Å². The topological polar surface area (TPSA) is 33.1 Å². The Morgan fingerprint density at radius 3 is 2.62 bits per heavy atom. The summed E-state index contributed by atoms with van der Waals surface area (Å²) in [6.07, 6.45) is 11.1. The summed E-state index contributed by atoms with van der Waals surface area (Å²) in [7, 11) is 0. The molecule has 1 aromatic carbocycles. The number of rotatable bonds is 2. The normalized spacial score (nSPS) is 16.9. The van der Waals surface area contributed by atoms with Crippen molar-refractivity contribution in [2.45, 2.75) is 46.0 Å². The summed E-state index contributed by atoms with van der Waals surface area (Å²) >= 11 is 0. The summed E-state index contributed by atoms with van der Waals surface area (Å²) in [6, 6.07) is 6.12. The van der Waals surface area contributed by atoms with E-state index < -0.39 is 0 Å². The largest absolute Gasteiger partial charge is 0.505 e. The average Bonchev–Trinajstić information content (AvgIpc) is 2.51. The number of phenols is 1. The van der Waals surface area contributed by atoms with Gasteiger partial charge in [0.1, 0.15) is 11.3 Å². The predicted molar refractivity (Wildman–Crippen MR) is 88.5 cm³/mol. The van der Waals surface area contributed by atoms with Crippen molar-refractivity contribution in [3.05, 3.63) is 41.1 Å². The summed E-state index contributed by atoms with van der Waals surface area (Å²) in [5.41, 5.74) is 3.71. The van der Waals surface area contributed by atoms with Crippen LogP contribution >= 0.6 is 0 Å². The van der Waals surface area contributed by atoms with Gasteiger partial charge in [0, 0.05) is 5.39 Å². The molecule has 1 fully saturated rings. The second kappa shape index (κ2) is 5.88. The van der Waals surface area contributed by atoms with Gasteiger partial charge in [0.05, 0.1) is 5.69 Å². The van der Waals surface area contributed by atoms with Crippen LogP contribution in [0.4, 0.5) is 0 Å². The number of hydrogen-bond acceptors (Lipinski definition) is 2. The van der Waals surface area contributed by atoms with Crippen LogP contribution in [-0.4, -0.2) is 10.1 Å². The van der Waals surface area contributed by atoms with E-state index in [0.29, 0.717) is 11.7 Å². The lowest BCUT2D eigenvalue weighted by atomic mass is 9.89. The molecule has 1 saturated carbocycles. The molecule has 1 aliphatic rings. The number of aromatic nitrogens is 1. The Bertz CT molecular complexity index is 682. The highest BCUT2D eigenvalue weighted by Gasteiger charge is 2.11. The summed E-state index contributed by atoms with van der Waals surface area (Å²) < 4.78 is 0. The molecule has 0 aliphatic heterocycles.